The lowest BCUT2D eigenvalue weighted by atomic mass is 10.00. The van der Waals surface area contributed by atoms with Gasteiger partial charge in [0.25, 0.3) is 5.24 Å². The Morgan fingerprint density at radius 1 is 1.18 bits per heavy atom. The van der Waals surface area contributed by atoms with Gasteiger partial charge in [-0.2, -0.15) is 5.26 Å². The lowest BCUT2D eigenvalue weighted by Crippen LogP contribution is -1.92. The van der Waals surface area contributed by atoms with Crippen molar-refractivity contribution in [1.29, 1.82) is 5.26 Å². The summed E-state index contributed by atoms with van der Waals surface area (Å²) < 4.78 is 1.72. The van der Waals surface area contributed by atoms with Crippen molar-refractivity contribution in [2.75, 3.05) is 0 Å². The fourth-order valence-electron chi connectivity index (χ4n) is 2.23. The third-order valence-electron chi connectivity index (χ3n) is 3.29. The number of carbonyl (C=O) groups is 1. The largest absolute Gasteiger partial charge is 0.305 e. The fraction of sp³-hybridized carbons (Fsp3) is 0. The number of hydrogen-bond donors (Lipinski definition) is 0. The lowest BCUT2D eigenvalue weighted by molar-refractivity contribution is 0.107. The van der Waals surface area contributed by atoms with Crippen molar-refractivity contribution in [3.63, 3.8) is 0 Å². The zero-order valence-corrected chi connectivity index (χ0v) is 12.2. The summed E-state index contributed by atoms with van der Waals surface area (Å²) in [4.78, 5) is 15.1. The molecule has 0 spiro atoms. The second-order valence-electron chi connectivity index (χ2n) is 4.65. The molecule has 0 saturated carbocycles. The average molecular weight is 308 g/mol. The van der Waals surface area contributed by atoms with Crippen molar-refractivity contribution in [2.45, 2.75) is 0 Å². The summed E-state index contributed by atoms with van der Waals surface area (Å²) in [5, 5.41) is 8.62. The number of halogens is 1. The Morgan fingerprint density at radius 2 is 2.00 bits per heavy atom. The average Bonchev–Trinajstić information content (AvgIpc) is 3.05. The molecule has 4 nitrogen and oxygen atoms in total. The van der Waals surface area contributed by atoms with Gasteiger partial charge in [0.05, 0.1) is 11.6 Å². The van der Waals surface area contributed by atoms with Crippen LogP contribution in [0.3, 0.4) is 0 Å². The molecule has 2 aromatic carbocycles. The topological polar surface area (TPSA) is 58.7 Å². The van der Waals surface area contributed by atoms with Gasteiger partial charge in [-0.25, -0.2) is 4.98 Å². The first-order chi connectivity index (χ1) is 10.7. The predicted octanol–water partition coefficient (Wildman–Crippen LogP) is 3.79. The smallest absolute Gasteiger partial charge is 0.272 e. The van der Waals surface area contributed by atoms with Crippen molar-refractivity contribution in [1.82, 2.24) is 9.55 Å². The molecular formula is C17H10ClN3O. The summed E-state index contributed by atoms with van der Waals surface area (Å²) in [5.74, 6) is 0. The normalized spacial score (nSPS) is 10.2. The highest BCUT2D eigenvalue weighted by Crippen LogP contribution is 2.25. The molecule has 1 heterocycles. The Bertz CT molecular complexity index is 893. The van der Waals surface area contributed by atoms with Crippen LogP contribution in [0, 0.1) is 11.3 Å². The molecule has 22 heavy (non-hydrogen) atoms. The summed E-state index contributed by atoms with van der Waals surface area (Å²) >= 11 is 5.42. The quantitative estimate of drug-likeness (QED) is 0.692. The molecule has 106 valence electrons. The van der Waals surface area contributed by atoms with Crippen LogP contribution in [0.25, 0.3) is 16.8 Å². The molecular weight excluding hydrogens is 298 g/mol. The van der Waals surface area contributed by atoms with Gasteiger partial charge in [-0.15, -0.1) is 0 Å². The molecule has 0 radical (unpaired) electrons. The Balaban J connectivity index is 2.06. The Hall–Kier alpha value is -2.90. The first-order valence-electron chi connectivity index (χ1n) is 6.53. The molecule has 3 rings (SSSR count). The van der Waals surface area contributed by atoms with Crippen LogP contribution in [0.1, 0.15) is 16.1 Å². The van der Waals surface area contributed by atoms with Crippen LogP contribution in [0.5, 0.6) is 0 Å². The van der Waals surface area contributed by atoms with E-state index in [1.165, 1.54) is 6.33 Å². The zero-order valence-electron chi connectivity index (χ0n) is 11.4. The summed E-state index contributed by atoms with van der Waals surface area (Å²) in [6, 6.07) is 17.2. The Morgan fingerprint density at radius 3 is 2.73 bits per heavy atom. The van der Waals surface area contributed by atoms with E-state index in [0.29, 0.717) is 5.56 Å². The molecule has 0 amide bonds. The van der Waals surface area contributed by atoms with E-state index in [-0.39, 0.29) is 5.69 Å². The highest BCUT2D eigenvalue weighted by atomic mass is 35.5. The number of nitrogens with zero attached hydrogens (tertiary/aromatic N) is 3. The molecule has 1 aromatic heterocycles. The molecule has 0 saturated heterocycles. The van der Waals surface area contributed by atoms with E-state index >= 15 is 0 Å². The Labute approximate surface area is 132 Å². The van der Waals surface area contributed by atoms with Gasteiger partial charge in [0.1, 0.15) is 12.0 Å². The predicted molar refractivity (Wildman–Crippen MR) is 83.9 cm³/mol. The monoisotopic (exact) mass is 307 g/mol. The van der Waals surface area contributed by atoms with E-state index in [1.807, 2.05) is 42.5 Å². The molecule has 0 aliphatic heterocycles. The maximum Gasteiger partial charge on any atom is 0.272 e. The van der Waals surface area contributed by atoms with E-state index in [4.69, 9.17) is 11.6 Å². The summed E-state index contributed by atoms with van der Waals surface area (Å²) in [5.41, 5.74) is 3.43. The van der Waals surface area contributed by atoms with Crippen LogP contribution < -0.4 is 0 Å². The van der Waals surface area contributed by atoms with Crippen molar-refractivity contribution >= 4 is 16.8 Å². The molecule has 5 heteroatoms. The minimum absolute atomic E-state index is 0.199. The number of carbonyl (C=O) groups excluding carboxylic acids is 1. The van der Waals surface area contributed by atoms with Crippen LogP contribution in [-0.4, -0.2) is 14.8 Å². The number of hydrogen-bond acceptors (Lipinski definition) is 3. The highest BCUT2D eigenvalue weighted by Gasteiger charge is 2.08. The van der Waals surface area contributed by atoms with Crippen LogP contribution >= 0.6 is 11.6 Å². The standard InChI is InChI=1S/C17H10ClN3O/c18-17(22)16-10-21(11-20-16)14-6-3-5-12(8-14)15-7-2-1-4-13(15)9-19/h1-8,10-11H. The molecule has 0 aliphatic carbocycles. The van der Waals surface area contributed by atoms with Gasteiger partial charge in [-0.1, -0.05) is 30.3 Å². The zero-order chi connectivity index (χ0) is 15.5. The van der Waals surface area contributed by atoms with Crippen molar-refractivity contribution < 1.29 is 4.79 Å². The SMILES string of the molecule is N#Cc1ccccc1-c1cccc(-n2cnc(C(=O)Cl)c2)c1. The summed E-state index contributed by atoms with van der Waals surface area (Å²) in [6.07, 6.45) is 3.11. The van der Waals surface area contributed by atoms with Gasteiger partial charge in [-0.3, -0.25) is 4.79 Å². The molecule has 0 aliphatic rings. The third kappa shape index (κ3) is 2.62. The second kappa shape index (κ2) is 5.84. The van der Waals surface area contributed by atoms with E-state index in [9.17, 15) is 10.1 Å². The number of rotatable bonds is 3. The van der Waals surface area contributed by atoms with Gasteiger partial charge in [0, 0.05) is 11.9 Å². The third-order valence-corrected chi connectivity index (χ3v) is 3.48. The lowest BCUT2D eigenvalue weighted by Gasteiger charge is -2.07. The highest BCUT2D eigenvalue weighted by molar-refractivity contribution is 6.67. The molecule has 0 N–H and O–H groups in total. The van der Waals surface area contributed by atoms with Gasteiger partial charge in [-0.05, 0) is 40.9 Å². The number of aromatic nitrogens is 2. The van der Waals surface area contributed by atoms with E-state index in [2.05, 4.69) is 11.1 Å². The Kier molecular flexibility index (Phi) is 3.73. The summed E-state index contributed by atoms with van der Waals surface area (Å²) in [6.45, 7) is 0. The van der Waals surface area contributed by atoms with Crippen LogP contribution in [0.15, 0.2) is 61.1 Å². The molecule has 0 fully saturated rings. The first-order valence-corrected chi connectivity index (χ1v) is 6.90. The minimum Gasteiger partial charge on any atom is -0.305 e. The second-order valence-corrected chi connectivity index (χ2v) is 4.99. The number of imidazole rings is 1. The number of benzene rings is 2. The molecule has 0 bridgehead atoms. The molecule has 0 atom stereocenters. The van der Waals surface area contributed by atoms with Crippen molar-refractivity contribution in [2.24, 2.45) is 0 Å². The summed E-state index contributed by atoms with van der Waals surface area (Å²) in [7, 11) is 0. The fourth-order valence-corrected chi connectivity index (χ4v) is 2.33. The van der Waals surface area contributed by atoms with Gasteiger partial charge >= 0.3 is 0 Å². The molecule has 3 aromatic rings. The van der Waals surface area contributed by atoms with Crippen LogP contribution in [0.2, 0.25) is 0 Å². The number of nitriles is 1. The maximum absolute atomic E-state index is 11.1. The minimum atomic E-state index is -0.593. The van der Waals surface area contributed by atoms with E-state index in [1.54, 1.807) is 16.8 Å². The van der Waals surface area contributed by atoms with Crippen molar-refractivity contribution in [3.05, 3.63) is 72.3 Å². The van der Waals surface area contributed by atoms with E-state index in [0.717, 1.165) is 16.8 Å². The van der Waals surface area contributed by atoms with Crippen LogP contribution in [-0.2, 0) is 0 Å². The molecule has 0 unspecified atom stereocenters. The van der Waals surface area contributed by atoms with Crippen LogP contribution in [0.4, 0.5) is 0 Å². The van der Waals surface area contributed by atoms with E-state index < -0.39 is 5.24 Å². The maximum atomic E-state index is 11.1. The first kappa shape index (κ1) is 14.1. The van der Waals surface area contributed by atoms with Crippen molar-refractivity contribution in [3.8, 4) is 22.9 Å². The van der Waals surface area contributed by atoms with Gasteiger partial charge in [0.2, 0.25) is 0 Å². The van der Waals surface area contributed by atoms with Gasteiger partial charge < -0.3 is 4.57 Å². The van der Waals surface area contributed by atoms with Gasteiger partial charge in [0.15, 0.2) is 0 Å².